The molecule has 1 aliphatic heterocycles. The number of rotatable bonds is 6. The third kappa shape index (κ3) is 4.07. The van der Waals surface area contributed by atoms with E-state index in [1.165, 1.54) is 47.6 Å². The van der Waals surface area contributed by atoms with Crippen molar-refractivity contribution in [3.63, 3.8) is 0 Å². The van der Waals surface area contributed by atoms with Gasteiger partial charge >= 0.3 is 5.91 Å². The zero-order chi connectivity index (χ0) is 25.4. The lowest BCUT2D eigenvalue weighted by atomic mass is 9.95. The van der Waals surface area contributed by atoms with Crippen LogP contribution in [0.5, 0.6) is 11.5 Å². The standard InChI is InChI=1S/C27H21FN2O5S/c1-3-35-19-12-13-20-21(14-19)36-27(29-20)30-23(15-6-10-18(34-2)11-7-15)22(25(32)26(30)33)24(31)16-4-8-17(28)9-5-16/h4-14,23,31H,3H2,1-2H3. The number of benzene rings is 3. The molecular formula is C27H21FN2O5S. The van der Waals surface area contributed by atoms with E-state index in [-0.39, 0.29) is 11.1 Å². The smallest absolute Gasteiger partial charge is 0.301 e. The van der Waals surface area contributed by atoms with Crippen LogP contribution in [0.4, 0.5) is 9.52 Å². The molecule has 2 heterocycles. The van der Waals surface area contributed by atoms with Crippen LogP contribution in [0.2, 0.25) is 0 Å². The molecule has 1 atom stereocenters. The maximum atomic E-state index is 13.5. The minimum atomic E-state index is -0.951. The summed E-state index contributed by atoms with van der Waals surface area (Å²) in [7, 11) is 1.53. The summed E-state index contributed by atoms with van der Waals surface area (Å²) in [5, 5.41) is 11.4. The Kier molecular flexibility index (Phi) is 6.15. The Morgan fingerprint density at radius 3 is 2.42 bits per heavy atom. The van der Waals surface area contributed by atoms with Crippen LogP contribution in [0.25, 0.3) is 16.0 Å². The minimum Gasteiger partial charge on any atom is -0.507 e. The van der Waals surface area contributed by atoms with Crippen molar-refractivity contribution in [2.24, 2.45) is 0 Å². The van der Waals surface area contributed by atoms with Crippen molar-refractivity contribution in [3.05, 3.63) is 89.2 Å². The molecule has 4 aromatic rings. The Bertz CT molecular complexity index is 1500. The molecule has 1 aliphatic rings. The number of aliphatic hydroxyl groups excluding tert-OH is 1. The molecule has 0 aliphatic carbocycles. The molecule has 1 N–H and O–H groups in total. The summed E-state index contributed by atoms with van der Waals surface area (Å²) in [6.45, 7) is 2.39. The van der Waals surface area contributed by atoms with Crippen molar-refractivity contribution >= 4 is 44.1 Å². The average Bonchev–Trinajstić information content (AvgIpc) is 3.42. The van der Waals surface area contributed by atoms with E-state index in [0.29, 0.717) is 34.3 Å². The molecule has 1 aromatic heterocycles. The number of amides is 1. The molecule has 0 bridgehead atoms. The van der Waals surface area contributed by atoms with Crippen LogP contribution in [-0.2, 0) is 9.59 Å². The number of aliphatic hydroxyl groups is 1. The number of hydrogen-bond donors (Lipinski definition) is 1. The van der Waals surface area contributed by atoms with Crippen molar-refractivity contribution < 1.29 is 28.6 Å². The Labute approximate surface area is 210 Å². The third-order valence-corrected chi connectivity index (χ3v) is 6.88. The van der Waals surface area contributed by atoms with E-state index in [0.717, 1.165) is 4.70 Å². The molecule has 0 saturated carbocycles. The average molecular weight is 505 g/mol. The number of fused-ring (bicyclic) bond motifs is 1. The topological polar surface area (TPSA) is 89.0 Å². The van der Waals surface area contributed by atoms with Crippen molar-refractivity contribution in [2.75, 3.05) is 18.6 Å². The lowest BCUT2D eigenvalue weighted by Gasteiger charge is -2.23. The number of hydrogen-bond acceptors (Lipinski definition) is 7. The first-order valence-electron chi connectivity index (χ1n) is 11.2. The maximum absolute atomic E-state index is 13.5. The summed E-state index contributed by atoms with van der Waals surface area (Å²) in [6.07, 6.45) is 0. The predicted octanol–water partition coefficient (Wildman–Crippen LogP) is 5.47. The van der Waals surface area contributed by atoms with Gasteiger partial charge < -0.3 is 14.6 Å². The highest BCUT2D eigenvalue weighted by molar-refractivity contribution is 7.22. The van der Waals surface area contributed by atoms with Gasteiger partial charge in [-0.2, -0.15) is 0 Å². The fourth-order valence-corrected chi connectivity index (χ4v) is 5.17. The summed E-state index contributed by atoms with van der Waals surface area (Å²) >= 11 is 1.24. The number of anilines is 1. The van der Waals surface area contributed by atoms with Crippen LogP contribution in [0.3, 0.4) is 0 Å². The van der Waals surface area contributed by atoms with Gasteiger partial charge in [-0.25, -0.2) is 9.37 Å². The Morgan fingerprint density at radius 2 is 1.75 bits per heavy atom. The maximum Gasteiger partial charge on any atom is 0.301 e. The van der Waals surface area contributed by atoms with Crippen molar-refractivity contribution in [2.45, 2.75) is 13.0 Å². The Balaban J connectivity index is 1.68. The Morgan fingerprint density at radius 1 is 1.06 bits per heavy atom. The second-order valence-corrected chi connectivity index (χ2v) is 9.02. The first-order valence-corrected chi connectivity index (χ1v) is 12.0. The van der Waals surface area contributed by atoms with Crippen LogP contribution in [-0.4, -0.2) is 35.5 Å². The predicted molar refractivity (Wildman–Crippen MR) is 135 cm³/mol. The normalized spacial score (nSPS) is 17.1. The van der Waals surface area contributed by atoms with Gasteiger partial charge in [0.05, 0.1) is 35.5 Å². The van der Waals surface area contributed by atoms with E-state index in [1.807, 2.05) is 13.0 Å². The third-order valence-electron chi connectivity index (χ3n) is 5.86. The molecule has 0 spiro atoms. The summed E-state index contributed by atoms with van der Waals surface area (Å²) in [4.78, 5) is 32.5. The van der Waals surface area contributed by atoms with Gasteiger partial charge in [-0.3, -0.25) is 14.5 Å². The molecule has 5 rings (SSSR count). The molecule has 3 aromatic carbocycles. The summed E-state index contributed by atoms with van der Waals surface area (Å²) in [6, 6.07) is 16.4. The van der Waals surface area contributed by atoms with Gasteiger partial charge in [0.15, 0.2) is 5.13 Å². The highest BCUT2D eigenvalue weighted by Gasteiger charge is 2.48. The molecule has 36 heavy (non-hydrogen) atoms. The summed E-state index contributed by atoms with van der Waals surface area (Å²) in [5.74, 6) is -1.28. The number of aromatic nitrogens is 1. The number of methoxy groups -OCH3 is 1. The first kappa shape index (κ1) is 23.5. The fraction of sp³-hybridized carbons (Fsp3) is 0.148. The van der Waals surface area contributed by atoms with E-state index < -0.39 is 29.3 Å². The minimum absolute atomic E-state index is 0.106. The zero-order valence-corrected chi connectivity index (χ0v) is 20.2. The van der Waals surface area contributed by atoms with Gasteiger partial charge in [-0.15, -0.1) is 0 Å². The highest BCUT2D eigenvalue weighted by Crippen LogP contribution is 2.44. The summed E-state index contributed by atoms with van der Waals surface area (Å²) in [5.41, 5.74) is 1.34. The number of halogens is 1. The van der Waals surface area contributed by atoms with E-state index >= 15 is 0 Å². The SMILES string of the molecule is CCOc1ccc2nc(N3C(=O)C(=O)C(=C(O)c4ccc(F)cc4)C3c3ccc(OC)cc3)sc2c1. The van der Waals surface area contributed by atoms with Gasteiger partial charge in [0.1, 0.15) is 23.1 Å². The summed E-state index contributed by atoms with van der Waals surface area (Å²) < 4.78 is 25.1. The van der Waals surface area contributed by atoms with E-state index in [4.69, 9.17) is 9.47 Å². The largest absolute Gasteiger partial charge is 0.507 e. The molecule has 0 radical (unpaired) electrons. The number of ether oxygens (including phenoxy) is 2. The monoisotopic (exact) mass is 504 g/mol. The van der Waals surface area contributed by atoms with Crippen molar-refractivity contribution in [1.29, 1.82) is 0 Å². The second-order valence-electron chi connectivity index (χ2n) is 8.01. The highest BCUT2D eigenvalue weighted by atomic mass is 32.1. The van der Waals surface area contributed by atoms with Crippen LogP contribution in [0.1, 0.15) is 24.1 Å². The van der Waals surface area contributed by atoms with Crippen molar-refractivity contribution in [1.82, 2.24) is 4.98 Å². The number of thiazole rings is 1. The van der Waals surface area contributed by atoms with Gasteiger partial charge in [0.25, 0.3) is 5.78 Å². The zero-order valence-electron chi connectivity index (χ0n) is 19.4. The van der Waals surface area contributed by atoms with Gasteiger partial charge in [-0.1, -0.05) is 23.5 Å². The molecule has 1 unspecified atom stereocenters. The van der Waals surface area contributed by atoms with Crippen LogP contribution in [0.15, 0.2) is 72.3 Å². The van der Waals surface area contributed by atoms with E-state index in [9.17, 15) is 19.1 Å². The molecular weight excluding hydrogens is 483 g/mol. The molecule has 7 nitrogen and oxygen atoms in total. The first-order chi connectivity index (χ1) is 17.4. The van der Waals surface area contributed by atoms with Gasteiger partial charge in [0.2, 0.25) is 0 Å². The van der Waals surface area contributed by atoms with Crippen molar-refractivity contribution in [3.8, 4) is 11.5 Å². The lowest BCUT2D eigenvalue weighted by Crippen LogP contribution is -2.29. The Hall–Kier alpha value is -4.24. The fourth-order valence-electron chi connectivity index (χ4n) is 4.15. The van der Waals surface area contributed by atoms with Gasteiger partial charge in [-0.05, 0) is 67.1 Å². The molecule has 1 saturated heterocycles. The molecule has 9 heteroatoms. The molecule has 182 valence electrons. The number of carbonyl (C=O) groups is 2. The number of Topliss-reactive ketones (excluding diaryl/α,β-unsaturated/α-hetero) is 1. The van der Waals surface area contributed by atoms with Crippen LogP contribution in [0, 0.1) is 5.82 Å². The van der Waals surface area contributed by atoms with Crippen LogP contribution < -0.4 is 14.4 Å². The quantitative estimate of drug-likeness (QED) is 0.213. The number of ketones is 1. The molecule has 1 amide bonds. The van der Waals surface area contributed by atoms with E-state index in [2.05, 4.69) is 4.98 Å². The lowest BCUT2D eigenvalue weighted by molar-refractivity contribution is -0.132. The van der Waals surface area contributed by atoms with Crippen LogP contribution >= 0.6 is 11.3 Å². The van der Waals surface area contributed by atoms with E-state index in [1.54, 1.807) is 36.4 Å². The van der Waals surface area contributed by atoms with Gasteiger partial charge in [0, 0.05) is 5.56 Å². The molecule has 1 fully saturated rings. The number of carbonyl (C=O) groups excluding carboxylic acids is 2. The second kappa shape index (κ2) is 9.43. The number of nitrogens with zero attached hydrogens (tertiary/aromatic N) is 2.